The van der Waals surface area contributed by atoms with Crippen LogP contribution in [0.2, 0.25) is 0 Å². The van der Waals surface area contributed by atoms with E-state index in [1.807, 2.05) is 0 Å². The molecule has 1 saturated heterocycles. The zero-order valence-electron chi connectivity index (χ0n) is 19.8. The third-order valence-corrected chi connectivity index (χ3v) is 6.42. The molecule has 1 amide bonds. The minimum absolute atomic E-state index is 0.0225. The molecule has 33 heavy (non-hydrogen) atoms. The number of methoxy groups -OCH3 is 1. The van der Waals surface area contributed by atoms with Gasteiger partial charge in [-0.2, -0.15) is 13.2 Å². The standard InChI is InChI=1S/C24H34F3NO5/c1-5-23(6-2,22(30)31-4)28-21(29)18-8-9-19(24(25,26)27)20(10-7-16(18)3)33-15-17-11-13-32-14-12-17/h8-9,17H,5-7,10-15H2,1-4H3,(H,28,29). The number of hydrogen-bond donors (Lipinski definition) is 1. The molecular formula is C24H34F3NO5. The molecule has 1 N–H and O–H groups in total. The average Bonchev–Trinajstić information content (AvgIpc) is 2.78. The molecule has 6 nitrogen and oxygen atoms in total. The first-order valence-corrected chi connectivity index (χ1v) is 11.4. The highest BCUT2D eigenvalue weighted by atomic mass is 19.4. The highest BCUT2D eigenvalue weighted by Gasteiger charge is 2.39. The van der Waals surface area contributed by atoms with Crippen LogP contribution in [0.5, 0.6) is 0 Å². The summed E-state index contributed by atoms with van der Waals surface area (Å²) in [6.45, 7) is 6.55. The third-order valence-electron chi connectivity index (χ3n) is 6.42. The Morgan fingerprint density at radius 1 is 1.12 bits per heavy atom. The minimum Gasteiger partial charge on any atom is -0.497 e. The summed E-state index contributed by atoms with van der Waals surface area (Å²) in [7, 11) is 1.23. The lowest BCUT2D eigenvalue weighted by Crippen LogP contribution is -2.54. The molecule has 0 bridgehead atoms. The number of carbonyl (C=O) groups excluding carboxylic acids is 2. The Morgan fingerprint density at radius 3 is 2.30 bits per heavy atom. The third kappa shape index (κ3) is 6.85. The Balaban J connectivity index is 2.29. The van der Waals surface area contributed by atoms with Gasteiger partial charge < -0.3 is 19.5 Å². The Labute approximate surface area is 193 Å². The van der Waals surface area contributed by atoms with Crippen LogP contribution >= 0.6 is 0 Å². The summed E-state index contributed by atoms with van der Waals surface area (Å²) in [6, 6.07) is 0. The number of rotatable bonds is 8. The van der Waals surface area contributed by atoms with Crippen molar-refractivity contribution < 1.29 is 37.0 Å². The molecule has 0 spiro atoms. The van der Waals surface area contributed by atoms with E-state index in [1.165, 1.54) is 7.11 Å². The van der Waals surface area contributed by atoms with Crippen LogP contribution in [0.1, 0.15) is 59.3 Å². The maximum Gasteiger partial charge on any atom is 0.419 e. The van der Waals surface area contributed by atoms with Crippen LogP contribution in [0.4, 0.5) is 13.2 Å². The van der Waals surface area contributed by atoms with Crippen LogP contribution in [0.15, 0.2) is 34.6 Å². The van der Waals surface area contributed by atoms with E-state index in [-0.39, 0.29) is 49.5 Å². The molecule has 2 rings (SSSR count). The molecule has 1 aliphatic heterocycles. The average molecular weight is 474 g/mol. The number of nitrogens with one attached hydrogen (secondary N) is 1. The first-order chi connectivity index (χ1) is 15.6. The molecule has 1 fully saturated rings. The second kappa shape index (κ2) is 11.7. The summed E-state index contributed by atoms with van der Waals surface area (Å²) >= 11 is 0. The minimum atomic E-state index is -4.63. The smallest absolute Gasteiger partial charge is 0.419 e. The SMILES string of the molecule is CCC(CC)(NC(=O)C1=C(C)CCC(OCC2CCOCC2)=C(C(F)(F)F)C=C1)C(=O)OC. The van der Waals surface area contributed by atoms with Crippen molar-refractivity contribution in [3.63, 3.8) is 0 Å². The van der Waals surface area contributed by atoms with Crippen LogP contribution in [-0.2, 0) is 23.8 Å². The fourth-order valence-electron chi connectivity index (χ4n) is 4.02. The maximum atomic E-state index is 13.8. The molecule has 2 aliphatic rings. The zero-order chi connectivity index (χ0) is 24.6. The topological polar surface area (TPSA) is 73.9 Å². The number of amides is 1. The Kier molecular flexibility index (Phi) is 9.57. The van der Waals surface area contributed by atoms with Crippen molar-refractivity contribution in [2.75, 3.05) is 26.9 Å². The molecule has 0 atom stereocenters. The van der Waals surface area contributed by atoms with Gasteiger partial charge >= 0.3 is 12.1 Å². The molecule has 1 aliphatic carbocycles. The molecule has 1 heterocycles. The molecule has 186 valence electrons. The molecule has 0 saturated carbocycles. The van der Waals surface area contributed by atoms with E-state index in [1.54, 1.807) is 20.8 Å². The van der Waals surface area contributed by atoms with E-state index in [2.05, 4.69) is 5.32 Å². The largest absolute Gasteiger partial charge is 0.497 e. The molecule has 0 unspecified atom stereocenters. The van der Waals surface area contributed by atoms with Gasteiger partial charge in [-0.05, 0) is 57.1 Å². The quantitative estimate of drug-likeness (QED) is 0.515. The number of allylic oxidation sites excluding steroid dienone is 4. The molecule has 9 heteroatoms. The number of alkyl halides is 3. The fraction of sp³-hybridized carbons (Fsp3) is 0.667. The second-order valence-corrected chi connectivity index (χ2v) is 8.46. The summed E-state index contributed by atoms with van der Waals surface area (Å²) in [4.78, 5) is 25.3. The summed E-state index contributed by atoms with van der Waals surface area (Å²) < 4.78 is 57.3. The number of ether oxygens (including phenoxy) is 3. The number of halogens is 3. The van der Waals surface area contributed by atoms with Crippen molar-refractivity contribution >= 4 is 11.9 Å². The Hall–Kier alpha value is -2.29. The predicted molar refractivity (Wildman–Crippen MR) is 117 cm³/mol. The lowest BCUT2D eigenvalue weighted by Gasteiger charge is -2.30. The van der Waals surface area contributed by atoms with Crippen LogP contribution < -0.4 is 5.32 Å². The van der Waals surface area contributed by atoms with Gasteiger partial charge in [-0.1, -0.05) is 19.4 Å². The summed E-state index contributed by atoms with van der Waals surface area (Å²) in [5, 5.41) is 2.70. The lowest BCUT2D eigenvalue weighted by molar-refractivity contribution is -0.151. The Morgan fingerprint density at radius 2 is 1.76 bits per heavy atom. The second-order valence-electron chi connectivity index (χ2n) is 8.46. The van der Waals surface area contributed by atoms with E-state index in [4.69, 9.17) is 14.2 Å². The van der Waals surface area contributed by atoms with Crippen molar-refractivity contribution in [3.05, 3.63) is 34.6 Å². The van der Waals surface area contributed by atoms with Gasteiger partial charge in [-0.3, -0.25) is 4.79 Å². The number of hydrogen-bond acceptors (Lipinski definition) is 5. The van der Waals surface area contributed by atoms with E-state index < -0.39 is 29.2 Å². The van der Waals surface area contributed by atoms with E-state index in [9.17, 15) is 22.8 Å². The highest BCUT2D eigenvalue weighted by Crippen LogP contribution is 2.35. The monoisotopic (exact) mass is 473 g/mol. The van der Waals surface area contributed by atoms with Gasteiger partial charge in [0.05, 0.1) is 19.3 Å². The van der Waals surface area contributed by atoms with Gasteiger partial charge in [0.15, 0.2) is 0 Å². The lowest BCUT2D eigenvalue weighted by atomic mass is 9.91. The van der Waals surface area contributed by atoms with E-state index in [0.29, 0.717) is 18.8 Å². The summed E-state index contributed by atoms with van der Waals surface area (Å²) in [5.74, 6) is -1.16. The number of carbonyl (C=O) groups is 2. The Bertz CT molecular complexity index is 803. The zero-order valence-corrected chi connectivity index (χ0v) is 19.8. The first kappa shape index (κ1) is 27.0. The van der Waals surface area contributed by atoms with Crippen LogP contribution in [-0.4, -0.2) is 50.5 Å². The molecular weight excluding hydrogens is 439 g/mol. The molecule has 0 aromatic carbocycles. The van der Waals surface area contributed by atoms with Crippen molar-refractivity contribution in [2.24, 2.45) is 5.92 Å². The first-order valence-electron chi connectivity index (χ1n) is 11.4. The van der Waals surface area contributed by atoms with Crippen LogP contribution in [0.25, 0.3) is 0 Å². The molecule has 0 radical (unpaired) electrons. The van der Waals surface area contributed by atoms with Gasteiger partial charge in [0, 0.05) is 25.2 Å². The normalized spacial score (nSPS) is 18.6. The molecule has 0 aromatic rings. The van der Waals surface area contributed by atoms with Gasteiger partial charge in [-0.25, -0.2) is 4.79 Å². The van der Waals surface area contributed by atoms with Gasteiger partial charge in [0.2, 0.25) is 0 Å². The van der Waals surface area contributed by atoms with E-state index >= 15 is 0 Å². The highest BCUT2D eigenvalue weighted by molar-refractivity contribution is 6.00. The molecule has 0 aromatic heterocycles. The maximum absolute atomic E-state index is 13.8. The van der Waals surface area contributed by atoms with Crippen LogP contribution in [0.3, 0.4) is 0 Å². The van der Waals surface area contributed by atoms with Crippen molar-refractivity contribution in [1.82, 2.24) is 5.32 Å². The van der Waals surface area contributed by atoms with Crippen molar-refractivity contribution in [1.29, 1.82) is 0 Å². The van der Waals surface area contributed by atoms with Crippen molar-refractivity contribution in [2.45, 2.75) is 71.0 Å². The van der Waals surface area contributed by atoms with Crippen molar-refractivity contribution in [3.8, 4) is 0 Å². The van der Waals surface area contributed by atoms with Gasteiger partial charge in [0.25, 0.3) is 5.91 Å². The fourth-order valence-corrected chi connectivity index (χ4v) is 4.02. The van der Waals surface area contributed by atoms with Gasteiger partial charge in [0.1, 0.15) is 11.3 Å². The van der Waals surface area contributed by atoms with E-state index in [0.717, 1.165) is 25.0 Å². The number of esters is 1. The summed E-state index contributed by atoms with van der Waals surface area (Å²) in [6.07, 6.45) is -0.238. The predicted octanol–water partition coefficient (Wildman–Crippen LogP) is 4.76. The summed E-state index contributed by atoms with van der Waals surface area (Å²) in [5.41, 5.74) is -1.41. The van der Waals surface area contributed by atoms with Gasteiger partial charge in [-0.15, -0.1) is 0 Å². The van der Waals surface area contributed by atoms with Crippen LogP contribution in [0, 0.1) is 5.92 Å².